The highest BCUT2D eigenvalue weighted by atomic mass is 19.1. The molecule has 0 radical (unpaired) electrons. The molecule has 2 atom stereocenters. The van der Waals surface area contributed by atoms with Gasteiger partial charge in [0.1, 0.15) is 11.6 Å². The summed E-state index contributed by atoms with van der Waals surface area (Å²) in [6.07, 6.45) is 5.20. The summed E-state index contributed by atoms with van der Waals surface area (Å²) in [7, 11) is 1.97. The van der Waals surface area contributed by atoms with Crippen molar-refractivity contribution in [1.82, 2.24) is 5.32 Å². The molecule has 1 aliphatic rings. The van der Waals surface area contributed by atoms with Crippen LogP contribution in [0.15, 0.2) is 18.2 Å². The molecule has 1 fully saturated rings. The van der Waals surface area contributed by atoms with Crippen LogP contribution in [0.2, 0.25) is 0 Å². The van der Waals surface area contributed by atoms with Crippen molar-refractivity contribution >= 4 is 0 Å². The van der Waals surface area contributed by atoms with E-state index in [1.54, 1.807) is 0 Å². The maximum Gasteiger partial charge on any atom is 0.126 e. The van der Waals surface area contributed by atoms with Gasteiger partial charge >= 0.3 is 0 Å². The van der Waals surface area contributed by atoms with Gasteiger partial charge in [-0.3, -0.25) is 0 Å². The Morgan fingerprint density at radius 3 is 2.88 bits per heavy atom. The summed E-state index contributed by atoms with van der Waals surface area (Å²) in [5.74, 6) is -0.155. The van der Waals surface area contributed by atoms with E-state index in [-0.39, 0.29) is 11.6 Å². The molecule has 3 heteroatoms. The molecule has 2 rings (SSSR count). The maximum absolute atomic E-state index is 13.5. The molecule has 0 aliphatic heterocycles. The van der Waals surface area contributed by atoms with Crippen molar-refractivity contribution in [2.75, 3.05) is 7.05 Å². The summed E-state index contributed by atoms with van der Waals surface area (Å²) in [6, 6.07) is 4.27. The predicted molar refractivity (Wildman–Crippen MR) is 64.9 cm³/mol. The minimum absolute atomic E-state index is 0.280. The SMILES string of the molecule is CNC1CCCC(Cc2cc(F)ccc2F)C1. The third-order valence-corrected chi connectivity index (χ3v) is 3.71. The summed E-state index contributed by atoms with van der Waals surface area (Å²) in [5, 5.41) is 3.28. The lowest BCUT2D eigenvalue weighted by atomic mass is 9.82. The normalized spacial score (nSPS) is 24.9. The topological polar surface area (TPSA) is 12.0 Å². The fourth-order valence-electron chi connectivity index (χ4n) is 2.75. The van der Waals surface area contributed by atoms with Crippen LogP contribution in [0.5, 0.6) is 0 Å². The van der Waals surface area contributed by atoms with Crippen molar-refractivity contribution in [2.24, 2.45) is 5.92 Å². The largest absolute Gasteiger partial charge is 0.317 e. The minimum Gasteiger partial charge on any atom is -0.317 e. The van der Waals surface area contributed by atoms with Gasteiger partial charge in [0, 0.05) is 6.04 Å². The molecular formula is C14H19F2N. The molecule has 0 amide bonds. The molecule has 1 saturated carbocycles. The van der Waals surface area contributed by atoms with Crippen molar-refractivity contribution < 1.29 is 8.78 Å². The second-order valence-electron chi connectivity index (χ2n) is 4.96. The zero-order valence-corrected chi connectivity index (χ0v) is 10.2. The van der Waals surface area contributed by atoms with E-state index >= 15 is 0 Å². The van der Waals surface area contributed by atoms with E-state index in [0.717, 1.165) is 12.8 Å². The summed E-state index contributed by atoms with van der Waals surface area (Å²) < 4.78 is 26.6. The lowest BCUT2D eigenvalue weighted by Gasteiger charge is -2.29. The lowest BCUT2D eigenvalue weighted by molar-refractivity contribution is 0.292. The van der Waals surface area contributed by atoms with Crippen LogP contribution in [-0.2, 0) is 6.42 Å². The Morgan fingerprint density at radius 1 is 1.29 bits per heavy atom. The van der Waals surface area contributed by atoms with Crippen LogP contribution < -0.4 is 5.32 Å². The molecule has 1 aliphatic carbocycles. The van der Waals surface area contributed by atoms with Crippen LogP contribution in [0.25, 0.3) is 0 Å². The van der Waals surface area contributed by atoms with E-state index < -0.39 is 0 Å². The summed E-state index contributed by atoms with van der Waals surface area (Å²) >= 11 is 0. The average Bonchev–Trinajstić information content (AvgIpc) is 2.34. The van der Waals surface area contributed by atoms with Gasteiger partial charge in [-0.25, -0.2) is 8.78 Å². The highest BCUT2D eigenvalue weighted by molar-refractivity contribution is 5.19. The zero-order valence-electron chi connectivity index (χ0n) is 10.2. The first-order valence-corrected chi connectivity index (χ1v) is 6.30. The zero-order chi connectivity index (χ0) is 12.3. The predicted octanol–water partition coefficient (Wildman–Crippen LogP) is 3.29. The average molecular weight is 239 g/mol. The maximum atomic E-state index is 13.5. The standard InChI is InChI=1S/C14H19F2N/c1-17-13-4-2-3-10(8-13)7-11-9-12(15)5-6-14(11)16/h5-6,9-10,13,17H,2-4,7-8H2,1H3. The smallest absolute Gasteiger partial charge is 0.126 e. The van der Waals surface area contributed by atoms with Crippen LogP contribution in [-0.4, -0.2) is 13.1 Å². The van der Waals surface area contributed by atoms with E-state index in [1.165, 1.54) is 31.0 Å². The molecule has 1 aromatic rings. The molecule has 94 valence electrons. The van der Waals surface area contributed by atoms with Crippen molar-refractivity contribution in [2.45, 2.75) is 38.1 Å². The molecule has 0 heterocycles. The van der Waals surface area contributed by atoms with Gasteiger partial charge in [0.2, 0.25) is 0 Å². The molecule has 0 aromatic heterocycles. The number of hydrogen-bond donors (Lipinski definition) is 1. The van der Waals surface area contributed by atoms with Crippen LogP contribution in [0, 0.1) is 17.6 Å². The highest BCUT2D eigenvalue weighted by Crippen LogP contribution is 2.28. The Labute approximate surface area is 101 Å². The fourth-order valence-corrected chi connectivity index (χ4v) is 2.75. The van der Waals surface area contributed by atoms with Crippen LogP contribution in [0.1, 0.15) is 31.2 Å². The number of halogens is 2. The second-order valence-corrected chi connectivity index (χ2v) is 4.96. The quantitative estimate of drug-likeness (QED) is 0.853. The van der Waals surface area contributed by atoms with Gasteiger partial charge in [-0.1, -0.05) is 12.8 Å². The number of hydrogen-bond acceptors (Lipinski definition) is 1. The molecule has 1 nitrogen and oxygen atoms in total. The molecule has 2 unspecified atom stereocenters. The number of rotatable bonds is 3. The first-order valence-electron chi connectivity index (χ1n) is 6.30. The first-order chi connectivity index (χ1) is 8.19. The lowest BCUT2D eigenvalue weighted by Crippen LogP contribution is -2.32. The summed E-state index contributed by atoms with van der Waals surface area (Å²) in [5.41, 5.74) is 0.520. The van der Waals surface area contributed by atoms with Crippen LogP contribution >= 0.6 is 0 Å². The van der Waals surface area contributed by atoms with Crippen molar-refractivity contribution in [3.8, 4) is 0 Å². The van der Waals surface area contributed by atoms with E-state index in [4.69, 9.17) is 0 Å². The van der Waals surface area contributed by atoms with Gasteiger partial charge in [-0.15, -0.1) is 0 Å². The van der Waals surface area contributed by atoms with Crippen molar-refractivity contribution in [3.63, 3.8) is 0 Å². The molecule has 17 heavy (non-hydrogen) atoms. The Morgan fingerprint density at radius 2 is 2.12 bits per heavy atom. The van der Waals surface area contributed by atoms with Gasteiger partial charge < -0.3 is 5.32 Å². The Balaban J connectivity index is 2.02. The van der Waals surface area contributed by atoms with E-state index in [9.17, 15) is 8.78 Å². The third kappa shape index (κ3) is 3.25. The molecule has 0 spiro atoms. The van der Waals surface area contributed by atoms with E-state index in [0.29, 0.717) is 23.9 Å². The Bertz CT molecular complexity index is 378. The van der Waals surface area contributed by atoms with Gasteiger partial charge in [-0.2, -0.15) is 0 Å². The van der Waals surface area contributed by atoms with E-state index in [2.05, 4.69) is 5.32 Å². The van der Waals surface area contributed by atoms with E-state index in [1.807, 2.05) is 7.05 Å². The second kappa shape index (κ2) is 5.58. The van der Waals surface area contributed by atoms with Crippen LogP contribution in [0.3, 0.4) is 0 Å². The molecule has 0 saturated heterocycles. The third-order valence-electron chi connectivity index (χ3n) is 3.71. The molecule has 1 N–H and O–H groups in total. The van der Waals surface area contributed by atoms with Gasteiger partial charge in [0.25, 0.3) is 0 Å². The van der Waals surface area contributed by atoms with Crippen molar-refractivity contribution in [1.29, 1.82) is 0 Å². The highest BCUT2D eigenvalue weighted by Gasteiger charge is 2.21. The number of nitrogens with one attached hydrogen (secondary N) is 1. The minimum atomic E-state index is -0.345. The van der Waals surface area contributed by atoms with Gasteiger partial charge in [0.15, 0.2) is 0 Å². The number of benzene rings is 1. The van der Waals surface area contributed by atoms with Crippen molar-refractivity contribution in [3.05, 3.63) is 35.4 Å². The summed E-state index contributed by atoms with van der Waals surface area (Å²) in [6.45, 7) is 0. The van der Waals surface area contributed by atoms with Gasteiger partial charge in [0.05, 0.1) is 0 Å². The Kier molecular flexibility index (Phi) is 4.11. The van der Waals surface area contributed by atoms with Crippen LogP contribution in [0.4, 0.5) is 8.78 Å². The van der Waals surface area contributed by atoms with Gasteiger partial charge in [-0.05, 0) is 56.0 Å². The molecule has 0 bridgehead atoms. The molecule has 1 aromatic carbocycles. The first kappa shape index (κ1) is 12.5. The summed E-state index contributed by atoms with van der Waals surface area (Å²) in [4.78, 5) is 0. The fraction of sp³-hybridized carbons (Fsp3) is 0.571. The monoisotopic (exact) mass is 239 g/mol. The Hall–Kier alpha value is -0.960. The molecular weight excluding hydrogens is 220 g/mol.